The van der Waals surface area contributed by atoms with Gasteiger partial charge in [0.05, 0.1) is 5.56 Å². The Bertz CT molecular complexity index is 849. The van der Waals surface area contributed by atoms with Crippen LogP contribution in [0.4, 0.5) is 10.5 Å². The van der Waals surface area contributed by atoms with Crippen molar-refractivity contribution in [3.05, 3.63) is 53.6 Å². The number of amides is 3. The Morgan fingerprint density at radius 3 is 2.44 bits per heavy atom. The minimum absolute atomic E-state index is 0.0240. The lowest BCUT2D eigenvalue weighted by Gasteiger charge is -2.18. The van der Waals surface area contributed by atoms with Gasteiger partial charge < -0.3 is 19.9 Å². The van der Waals surface area contributed by atoms with Crippen LogP contribution in [0.3, 0.4) is 0 Å². The van der Waals surface area contributed by atoms with Crippen LogP contribution in [0, 0.1) is 0 Å². The van der Waals surface area contributed by atoms with E-state index in [-0.39, 0.29) is 16.8 Å². The van der Waals surface area contributed by atoms with Crippen molar-refractivity contribution in [1.29, 1.82) is 0 Å². The molecule has 3 amide bonds. The molecule has 25 heavy (non-hydrogen) atoms. The Balaban J connectivity index is 1.65. The second-order valence-corrected chi connectivity index (χ2v) is 5.15. The maximum Gasteiger partial charge on any atom is 0.335 e. The van der Waals surface area contributed by atoms with E-state index in [1.54, 1.807) is 6.07 Å². The van der Waals surface area contributed by atoms with Gasteiger partial charge in [-0.05, 0) is 36.4 Å². The maximum absolute atomic E-state index is 12.1. The first-order chi connectivity index (χ1) is 12.0. The van der Waals surface area contributed by atoms with E-state index in [0.29, 0.717) is 24.7 Å². The zero-order valence-corrected chi connectivity index (χ0v) is 12.9. The molecule has 0 radical (unpaired) electrons. The smallest absolute Gasteiger partial charge is 0.335 e. The average Bonchev–Trinajstić information content (AvgIpc) is 2.61. The monoisotopic (exact) mass is 342 g/mol. The van der Waals surface area contributed by atoms with Gasteiger partial charge in [-0.1, -0.05) is 6.07 Å². The van der Waals surface area contributed by atoms with E-state index in [9.17, 15) is 14.4 Å². The van der Waals surface area contributed by atoms with Crippen molar-refractivity contribution in [2.45, 2.75) is 0 Å². The van der Waals surface area contributed by atoms with Crippen LogP contribution in [0.1, 0.15) is 20.7 Å². The number of urea groups is 1. The van der Waals surface area contributed by atoms with Gasteiger partial charge in [0.1, 0.15) is 13.2 Å². The quantitative estimate of drug-likeness (QED) is 0.787. The highest BCUT2D eigenvalue weighted by Crippen LogP contribution is 2.30. The van der Waals surface area contributed by atoms with Crippen molar-refractivity contribution in [1.82, 2.24) is 5.32 Å². The van der Waals surface area contributed by atoms with Crippen molar-refractivity contribution in [3.8, 4) is 11.5 Å². The molecular formula is C17H14N2O6. The van der Waals surface area contributed by atoms with Gasteiger partial charge in [0.25, 0.3) is 5.91 Å². The van der Waals surface area contributed by atoms with Crippen molar-refractivity contribution in [3.63, 3.8) is 0 Å². The summed E-state index contributed by atoms with van der Waals surface area (Å²) in [6.45, 7) is 0.828. The van der Waals surface area contributed by atoms with E-state index in [1.807, 2.05) is 0 Å². The van der Waals surface area contributed by atoms with Gasteiger partial charge in [-0.15, -0.1) is 0 Å². The number of carbonyl (C=O) groups excluding carboxylic acids is 2. The van der Waals surface area contributed by atoms with E-state index in [2.05, 4.69) is 10.6 Å². The fourth-order valence-electron chi connectivity index (χ4n) is 2.25. The zero-order chi connectivity index (χ0) is 17.8. The molecule has 0 aromatic heterocycles. The van der Waals surface area contributed by atoms with Crippen LogP contribution in [0.2, 0.25) is 0 Å². The molecule has 0 unspecified atom stereocenters. The first-order valence-corrected chi connectivity index (χ1v) is 7.38. The summed E-state index contributed by atoms with van der Waals surface area (Å²) in [5, 5.41) is 13.5. The Kier molecular flexibility index (Phi) is 4.51. The molecule has 3 rings (SSSR count). The number of nitrogens with one attached hydrogen (secondary N) is 2. The van der Waals surface area contributed by atoms with Crippen molar-refractivity contribution in [2.24, 2.45) is 0 Å². The molecule has 0 saturated heterocycles. The lowest BCUT2D eigenvalue weighted by molar-refractivity contribution is 0.0696. The minimum Gasteiger partial charge on any atom is -0.486 e. The number of hydrogen-bond acceptors (Lipinski definition) is 5. The third-order valence-corrected chi connectivity index (χ3v) is 3.40. The Labute approximate surface area is 142 Å². The predicted octanol–water partition coefficient (Wildman–Crippen LogP) is 2.12. The predicted molar refractivity (Wildman–Crippen MR) is 87.3 cm³/mol. The summed E-state index contributed by atoms with van der Waals surface area (Å²) in [4.78, 5) is 35.0. The standard InChI is InChI=1S/C17H14N2O6/c20-15(10-4-5-13-14(9-10)25-7-6-24-13)19-17(23)18-12-3-1-2-11(8-12)16(21)22/h1-5,8-9H,6-7H2,(H,21,22)(H2,18,19,20,23). The van der Waals surface area contributed by atoms with Crippen LogP contribution in [0.25, 0.3) is 0 Å². The number of imide groups is 1. The number of hydrogen-bond donors (Lipinski definition) is 3. The highest BCUT2D eigenvalue weighted by atomic mass is 16.6. The summed E-state index contributed by atoms with van der Waals surface area (Å²) < 4.78 is 10.8. The van der Waals surface area contributed by atoms with Crippen LogP contribution in [-0.2, 0) is 0 Å². The second-order valence-electron chi connectivity index (χ2n) is 5.15. The molecule has 1 heterocycles. The van der Waals surface area contributed by atoms with Crippen molar-refractivity contribution < 1.29 is 29.0 Å². The molecule has 2 aromatic rings. The van der Waals surface area contributed by atoms with Gasteiger partial charge in [-0.3, -0.25) is 10.1 Å². The number of benzene rings is 2. The summed E-state index contributed by atoms with van der Waals surface area (Å²) >= 11 is 0. The molecule has 128 valence electrons. The van der Waals surface area contributed by atoms with Crippen molar-refractivity contribution in [2.75, 3.05) is 18.5 Å². The molecule has 0 saturated carbocycles. The maximum atomic E-state index is 12.1. The van der Waals surface area contributed by atoms with Crippen LogP contribution >= 0.6 is 0 Å². The van der Waals surface area contributed by atoms with Gasteiger partial charge in [-0.25, -0.2) is 9.59 Å². The highest BCUT2D eigenvalue weighted by Gasteiger charge is 2.16. The van der Waals surface area contributed by atoms with E-state index < -0.39 is 17.9 Å². The number of rotatable bonds is 3. The fraction of sp³-hybridized carbons (Fsp3) is 0.118. The Morgan fingerprint density at radius 1 is 0.920 bits per heavy atom. The lowest BCUT2D eigenvalue weighted by Crippen LogP contribution is -2.34. The normalized spacial score (nSPS) is 12.2. The SMILES string of the molecule is O=C(NC(=O)c1ccc2c(c1)OCCO2)Nc1cccc(C(=O)O)c1. The van der Waals surface area contributed by atoms with E-state index in [4.69, 9.17) is 14.6 Å². The number of fused-ring (bicyclic) bond motifs is 1. The molecule has 1 aliphatic rings. The third-order valence-electron chi connectivity index (χ3n) is 3.40. The van der Waals surface area contributed by atoms with Gasteiger partial charge in [-0.2, -0.15) is 0 Å². The molecule has 1 aliphatic heterocycles. The van der Waals surface area contributed by atoms with Crippen LogP contribution in [0.5, 0.6) is 11.5 Å². The summed E-state index contributed by atoms with van der Waals surface area (Å²) in [7, 11) is 0. The molecule has 2 aromatic carbocycles. The summed E-state index contributed by atoms with van der Waals surface area (Å²) in [5.74, 6) is -0.758. The van der Waals surface area contributed by atoms with E-state index >= 15 is 0 Å². The van der Waals surface area contributed by atoms with Gasteiger partial charge in [0.2, 0.25) is 0 Å². The number of carbonyl (C=O) groups is 3. The number of anilines is 1. The first kappa shape index (κ1) is 16.3. The zero-order valence-electron chi connectivity index (χ0n) is 12.9. The van der Waals surface area contributed by atoms with Gasteiger partial charge in [0, 0.05) is 11.3 Å². The molecule has 3 N–H and O–H groups in total. The minimum atomic E-state index is -1.11. The number of aromatic carboxylic acids is 1. The van der Waals surface area contributed by atoms with Gasteiger partial charge in [0.15, 0.2) is 11.5 Å². The number of carboxylic acid groups (broad SMARTS) is 1. The molecule has 0 spiro atoms. The highest BCUT2D eigenvalue weighted by molar-refractivity contribution is 6.08. The Morgan fingerprint density at radius 2 is 1.68 bits per heavy atom. The largest absolute Gasteiger partial charge is 0.486 e. The number of ether oxygens (including phenoxy) is 2. The third kappa shape index (κ3) is 3.86. The van der Waals surface area contributed by atoms with Crippen LogP contribution in [0.15, 0.2) is 42.5 Å². The van der Waals surface area contributed by atoms with Crippen LogP contribution in [-0.4, -0.2) is 36.2 Å². The lowest BCUT2D eigenvalue weighted by atomic mass is 10.2. The van der Waals surface area contributed by atoms with Crippen LogP contribution < -0.4 is 20.1 Å². The van der Waals surface area contributed by atoms with Gasteiger partial charge >= 0.3 is 12.0 Å². The molecule has 0 atom stereocenters. The Hall–Kier alpha value is -3.55. The average molecular weight is 342 g/mol. The molecule has 8 heteroatoms. The molecule has 0 aliphatic carbocycles. The molecular weight excluding hydrogens is 328 g/mol. The molecule has 0 fully saturated rings. The fourth-order valence-corrected chi connectivity index (χ4v) is 2.25. The second kappa shape index (κ2) is 6.91. The molecule has 8 nitrogen and oxygen atoms in total. The van der Waals surface area contributed by atoms with Crippen molar-refractivity contribution >= 4 is 23.6 Å². The summed E-state index contributed by atoms with van der Waals surface area (Å²) in [5.41, 5.74) is 0.516. The molecule has 0 bridgehead atoms. The summed E-state index contributed by atoms with van der Waals surface area (Å²) in [6.07, 6.45) is 0. The topological polar surface area (TPSA) is 114 Å². The summed E-state index contributed by atoms with van der Waals surface area (Å²) in [6, 6.07) is 9.51. The first-order valence-electron chi connectivity index (χ1n) is 7.38. The number of carboxylic acids is 1. The van der Waals surface area contributed by atoms with E-state index in [0.717, 1.165) is 0 Å². The van der Waals surface area contributed by atoms with E-state index in [1.165, 1.54) is 36.4 Å².